The minimum absolute atomic E-state index is 0.158. The number of hydrogen-bond acceptors (Lipinski definition) is 4. The van der Waals surface area contributed by atoms with Crippen molar-refractivity contribution in [3.63, 3.8) is 0 Å². The zero-order valence-corrected chi connectivity index (χ0v) is 12.5. The topological polar surface area (TPSA) is 66.4 Å². The second-order valence-corrected chi connectivity index (χ2v) is 6.27. The average Bonchev–Trinajstić information content (AvgIpc) is 2.63. The molecule has 0 aliphatic heterocycles. The number of thioether (sulfide) groups is 1. The first kappa shape index (κ1) is 15.0. The van der Waals surface area contributed by atoms with E-state index in [1.807, 2.05) is 20.1 Å². The number of carbonyl (C=O) groups is 2. The summed E-state index contributed by atoms with van der Waals surface area (Å²) >= 11 is 2.76. The van der Waals surface area contributed by atoms with Gasteiger partial charge in [0.15, 0.2) is 0 Å². The van der Waals surface area contributed by atoms with E-state index in [9.17, 15) is 14.7 Å². The van der Waals surface area contributed by atoms with E-state index in [1.54, 1.807) is 6.92 Å². The van der Waals surface area contributed by atoms with E-state index in [0.717, 1.165) is 10.4 Å². The largest absolute Gasteiger partial charge is 0.478 e. The molecule has 1 amide bonds. The molecule has 0 saturated carbocycles. The van der Waals surface area contributed by atoms with Crippen molar-refractivity contribution < 1.29 is 14.7 Å². The van der Waals surface area contributed by atoms with Gasteiger partial charge in [-0.05, 0) is 32.1 Å². The molecule has 0 spiro atoms. The molecular weight excluding hydrogens is 270 g/mol. The molecule has 1 rings (SSSR count). The fourth-order valence-electron chi connectivity index (χ4n) is 1.64. The lowest BCUT2D eigenvalue weighted by Crippen LogP contribution is -2.22. The Hall–Kier alpha value is -1.01. The van der Waals surface area contributed by atoms with Crippen LogP contribution in [0.5, 0.6) is 0 Å². The second kappa shape index (κ2) is 6.24. The Kier molecular flexibility index (Phi) is 5.22. The number of aromatic carboxylic acids is 1. The summed E-state index contributed by atoms with van der Waals surface area (Å²) in [6.07, 6.45) is 2.50. The van der Waals surface area contributed by atoms with E-state index in [1.165, 1.54) is 23.1 Å². The number of amides is 1. The number of aryl methyl sites for hydroxylation is 1. The van der Waals surface area contributed by atoms with Gasteiger partial charge in [0.2, 0.25) is 5.91 Å². The average molecular weight is 287 g/mol. The molecule has 0 radical (unpaired) electrons. The summed E-state index contributed by atoms with van der Waals surface area (Å²) in [5.41, 5.74) is 1.04. The van der Waals surface area contributed by atoms with Gasteiger partial charge in [-0.15, -0.1) is 11.3 Å². The zero-order valence-electron chi connectivity index (χ0n) is 10.9. The van der Waals surface area contributed by atoms with E-state index >= 15 is 0 Å². The number of thiophene rings is 1. The Bertz CT molecular complexity index is 468. The molecule has 18 heavy (non-hydrogen) atoms. The Morgan fingerprint density at radius 1 is 1.50 bits per heavy atom. The van der Waals surface area contributed by atoms with E-state index in [0.29, 0.717) is 11.4 Å². The highest BCUT2D eigenvalue weighted by atomic mass is 32.2. The molecule has 2 N–H and O–H groups in total. The van der Waals surface area contributed by atoms with Gasteiger partial charge in [-0.2, -0.15) is 11.8 Å². The standard InChI is InChI=1S/C12H17NO3S2/c1-5-8-6(2)18-11(9(8)12(15)16)13-10(14)7(3)17-4/h7H,5H2,1-4H3,(H,13,14)(H,15,16). The lowest BCUT2D eigenvalue weighted by Gasteiger charge is -2.09. The number of carbonyl (C=O) groups excluding carboxylic acids is 1. The van der Waals surface area contributed by atoms with Crippen LogP contribution in [-0.4, -0.2) is 28.5 Å². The molecule has 0 aliphatic rings. The maximum Gasteiger partial charge on any atom is 0.339 e. The van der Waals surface area contributed by atoms with Crippen molar-refractivity contribution in [2.75, 3.05) is 11.6 Å². The monoisotopic (exact) mass is 287 g/mol. The minimum Gasteiger partial charge on any atom is -0.478 e. The Morgan fingerprint density at radius 2 is 2.11 bits per heavy atom. The van der Waals surface area contributed by atoms with E-state index < -0.39 is 5.97 Å². The molecule has 0 aromatic carbocycles. The minimum atomic E-state index is -0.983. The van der Waals surface area contributed by atoms with Crippen LogP contribution in [0.3, 0.4) is 0 Å². The molecule has 1 unspecified atom stereocenters. The highest BCUT2D eigenvalue weighted by Gasteiger charge is 2.23. The Labute approximate surface area is 115 Å². The van der Waals surface area contributed by atoms with Gasteiger partial charge in [-0.3, -0.25) is 4.79 Å². The molecule has 6 heteroatoms. The van der Waals surface area contributed by atoms with Crippen LogP contribution in [0.25, 0.3) is 0 Å². The zero-order chi connectivity index (χ0) is 13.9. The third-order valence-corrected chi connectivity index (χ3v) is 4.72. The van der Waals surface area contributed by atoms with Gasteiger partial charge in [-0.1, -0.05) is 6.92 Å². The van der Waals surface area contributed by atoms with Crippen molar-refractivity contribution in [2.24, 2.45) is 0 Å². The van der Waals surface area contributed by atoms with Crippen LogP contribution in [0.2, 0.25) is 0 Å². The van der Waals surface area contributed by atoms with Gasteiger partial charge in [-0.25, -0.2) is 4.79 Å². The van der Waals surface area contributed by atoms with Crippen LogP contribution < -0.4 is 5.32 Å². The van der Waals surface area contributed by atoms with Crippen LogP contribution in [-0.2, 0) is 11.2 Å². The molecule has 1 atom stereocenters. The summed E-state index contributed by atoms with van der Waals surface area (Å²) in [5, 5.41) is 12.2. The molecule has 0 bridgehead atoms. The quantitative estimate of drug-likeness (QED) is 0.873. The predicted octanol–water partition coefficient (Wildman–Crippen LogP) is 3.01. The predicted molar refractivity (Wildman–Crippen MR) is 77.0 cm³/mol. The van der Waals surface area contributed by atoms with Crippen LogP contribution in [0, 0.1) is 6.92 Å². The normalized spacial score (nSPS) is 12.2. The van der Waals surface area contributed by atoms with Crippen molar-refractivity contribution in [3.05, 3.63) is 16.0 Å². The van der Waals surface area contributed by atoms with Crippen molar-refractivity contribution >= 4 is 40.0 Å². The first-order valence-electron chi connectivity index (χ1n) is 5.61. The van der Waals surface area contributed by atoms with Crippen LogP contribution >= 0.6 is 23.1 Å². The molecule has 0 saturated heterocycles. The van der Waals surface area contributed by atoms with Crippen molar-refractivity contribution in [3.8, 4) is 0 Å². The molecule has 1 aromatic heterocycles. The van der Waals surface area contributed by atoms with Gasteiger partial charge in [0.05, 0.1) is 10.8 Å². The first-order chi connectivity index (χ1) is 8.42. The van der Waals surface area contributed by atoms with Crippen molar-refractivity contribution in [2.45, 2.75) is 32.4 Å². The van der Waals surface area contributed by atoms with Gasteiger partial charge < -0.3 is 10.4 Å². The van der Waals surface area contributed by atoms with Crippen LogP contribution in [0.4, 0.5) is 5.00 Å². The molecule has 0 fully saturated rings. The molecule has 1 aromatic rings. The Morgan fingerprint density at radius 3 is 2.56 bits per heavy atom. The summed E-state index contributed by atoms with van der Waals surface area (Å²) < 4.78 is 0. The number of carboxylic acids is 1. The highest BCUT2D eigenvalue weighted by Crippen LogP contribution is 2.33. The van der Waals surface area contributed by atoms with Gasteiger partial charge in [0, 0.05) is 4.88 Å². The fraction of sp³-hybridized carbons (Fsp3) is 0.500. The summed E-state index contributed by atoms with van der Waals surface area (Å²) in [4.78, 5) is 24.0. The lowest BCUT2D eigenvalue weighted by molar-refractivity contribution is -0.115. The SMILES string of the molecule is CCc1c(C)sc(NC(=O)C(C)SC)c1C(=O)O. The van der Waals surface area contributed by atoms with E-state index in [2.05, 4.69) is 5.32 Å². The number of anilines is 1. The number of carboxylic acid groups (broad SMARTS) is 1. The summed E-state index contributed by atoms with van der Waals surface area (Å²) in [7, 11) is 0. The summed E-state index contributed by atoms with van der Waals surface area (Å²) in [6.45, 7) is 5.59. The van der Waals surface area contributed by atoms with Gasteiger partial charge in [0.25, 0.3) is 0 Å². The van der Waals surface area contributed by atoms with Gasteiger partial charge >= 0.3 is 5.97 Å². The molecule has 100 valence electrons. The Balaban J connectivity index is 3.10. The third kappa shape index (κ3) is 3.05. The molecule has 4 nitrogen and oxygen atoms in total. The number of rotatable bonds is 5. The highest BCUT2D eigenvalue weighted by molar-refractivity contribution is 7.99. The lowest BCUT2D eigenvalue weighted by atomic mass is 10.1. The number of nitrogens with one attached hydrogen (secondary N) is 1. The summed E-state index contributed by atoms with van der Waals surface area (Å²) in [5.74, 6) is -1.14. The number of hydrogen-bond donors (Lipinski definition) is 2. The third-order valence-electron chi connectivity index (χ3n) is 2.74. The first-order valence-corrected chi connectivity index (χ1v) is 7.72. The molecule has 1 heterocycles. The van der Waals surface area contributed by atoms with Crippen molar-refractivity contribution in [1.29, 1.82) is 0 Å². The maximum absolute atomic E-state index is 11.8. The summed E-state index contributed by atoms with van der Waals surface area (Å²) in [6, 6.07) is 0. The van der Waals surface area contributed by atoms with Crippen LogP contribution in [0.1, 0.15) is 34.6 Å². The van der Waals surface area contributed by atoms with E-state index in [4.69, 9.17) is 0 Å². The molecule has 0 aliphatic carbocycles. The van der Waals surface area contributed by atoms with Gasteiger partial charge in [0.1, 0.15) is 5.00 Å². The maximum atomic E-state index is 11.8. The van der Waals surface area contributed by atoms with E-state index in [-0.39, 0.29) is 16.7 Å². The smallest absolute Gasteiger partial charge is 0.339 e. The second-order valence-electron chi connectivity index (χ2n) is 3.87. The van der Waals surface area contributed by atoms with Crippen molar-refractivity contribution in [1.82, 2.24) is 0 Å². The molecular formula is C12H17NO3S2. The van der Waals surface area contributed by atoms with Crippen LogP contribution in [0.15, 0.2) is 0 Å². The fourth-order valence-corrected chi connectivity index (χ4v) is 3.05.